The van der Waals surface area contributed by atoms with Gasteiger partial charge in [-0.3, -0.25) is 4.79 Å². The fourth-order valence-electron chi connectivity index (χ4n) is 3.53. The second-order valence-corrected chi connectivity index (χ2v) is 7.27. The lowest BCUT2D eigenvalue weighted by atomic mass is 9.85. The van der Waals surface area contributed by atoms with E-state index in [1.54, 1.807) is 0 Å². The molecule has 2 heterocycles. The van der Waals surface area contributed by atoms with Gasteiger partial charge in [-0.05, 0) is 61.9 Å². The molecular formula is C17H24BrClN2O. The number of anilines is 1. The van der Waals surface area contributed by atoms with Crippen molar-refractivity contribution in [1.29, 1.82) is 0 Å². The number of piperidine rings is 1. The van der Waals surface area contributed by atoms with Crippen LogP contribution in [0, 0.1) is 11.8 Å². The second kappa shape index (κ2) is 7.80. The van der Waals surface area contributed by atoms with Crippen LogP contribution >= 0.6 is 28.3 Å². The Bertz CT molecular complexity index is 531. The van der Waals surface area contributed by atoms with Gasteiger partial charge in [-0.1, -0.05) is 28.9 Å². The van der Waals surface area contributed by atoms with Crippen LogP contribution in [0.2, 0.25) is 0 Å². The van der Waals surface area contributed by atoms with Crippen molar-refractivity contribution in [2.45, 2.75) is 32.6 Å². The molecule has 2 atom stereocenters. The summed E-state index contributed by atoms with van der Waals surface area (Å²) in [6.07, 6.45) is 4.14. The molecule has 2 aliphatic heterocycles. The summed E-state index contributed by atoms with van der Waals surface area (Å²) in [4.78, 5) is 14.6. The van der Waals surface area contributed by atoms with Crippen LogP contribution in [0.25, 0.3) is 0 Å². The number of carbonyl (C=O) groups excluding carboxylic acids is 1. The number of nitrogens with one attached hydrogen (secondary N) is 1. The number of amides is 1. The molecule has 3 rings (SSSR count). The fraction of sp³-hybridized carbons (Fsp3) is 0.588. The lowest BCUT2D eigenvalue weighted by Gasteiger charge is -2.29. The van der Waals surface area contributed by atoms with Crippen molar-refractivity contribution in [3.05, 3.63) is 28.2 Å². The average Bonchev–Trinajstić information content (AvgIpc) is 2.91. The highest BCUT2D eigenvalue weighted by molar-refractivity contribution is 9.10. The summed E-state index contributed by atoms with van der Waals surface area (Å²) >= 11 is 3.51. The summed E-state index contributed by atoms with van der Waals surface area (Å²) in [6, 6.07) is 6.26. The van der Waals surface area contributed by atoms with Crippen molar-refractivity contribution in [3.8, 4) is 0 Å². The smallest absolute Gasteiger partial charge is 0.227 e. The molecule has 0 radical (unpaired) electrons. The number of nitrogens with zero attached hydrogens (tertiary/aromatic N) is 1. The van der Waals surface area contributed by atoms with Crippen molar-refractivity contribution in [2.24, 2.45) is 11.8 Å². The maximum Gasteiger partial charge on any atom is 0.227 e. The van der Waals surface area contributed by atoms with Gasteiger partial charge in [0.05, 0.1) is 0 Å². The van der Waals surface area contributed by atoms with Gasteiger partial charge >= 0.3 is 0 Å². The monoisotopic (exact) mass is 386 g/mol. The molecule has 1 aromatic rings. The van der Waals surface area contributed by atoms with E-state index in [9.17, 15) is 4.79 Å². The largest absolute Gasteiger partial charge is 0.316 e. The van der Waals surface area contributed by atoms with E-state index in [1.807, 2.05) is 4.90 Å². The maximum atomic E-state index is 12.7. The first-order valence-electron chi connectivity index (χ1n) is 7.94. The highest BCUT2D eigenvalue weighted by Crippen LogP contribution is 2.32. The van der Waals surface area contributed by atoms with E-state index < -0.39 is 0 Å². The zero-order valence-electron chi connectivity index (χ0n) is 13.0. The first-order valence-corrected chi connectivity index (χ1v) is 8.74. The Labute approximate surface area is 147 Å². The number of carbonyl (C=O) groups is 1. The molecule has 22 heavy (non-hydrogen) atoms. The molecule has 5 heteroatoms. The lowest BCUT2D eigenvalue weighted by molar-refractivity contribution is -0.119. The minimum absolute atomic E-state index is 0. The van der Waals surface area contributed by atoms with Gasteiger partial charge < -0.3 is 10.2 Å². The third-order valence-electron chi connectivity index (χ3n) is 4.88. The molecule has 0 spiro atoms. The molecule has 0 aromatic heterocycles. The molecule has 0 bridgehead atoms. The molecule has 0 saturated carbocycles. The summed E-state index contributed by atoms with van der Waals surface area (Å²) in [7, 11) is 0. The first kappa shape index (κ1) is 17.8. The molecule has 1 aromatic carbocycles. The van der Waals surface area contributed by atoms with Gasteiger partial charge in [0.25, 0.3) is 0 Å². The number of fused-ring (bicyclic) bond motifs is 1. The van der Waals surface area contributed by atoms with E-state index in [0.717, 1.165) is 36.2 Å². The summed E-state index contributed by atoms with van der Waals surface area (Å²) in [6.45, 7) is 5.26. The Morgan fingerprint density at radius 3 is 3.05 bits per heavy atom. The van der Waals surface area contributed by atoms with Crippen LogP contribution < -0.4 is 10.2 Å². The van der Waals surface area contributed by atoms with Gasteiger partial charge in [-0.25, -0.2) is 0 Å². The Balaban J connectivity index is 0.00000176. The van der Waals surface area contributed by atoms with E-state index in [4.69, 9.17) is 0 Å². The number of hydrogen-bond acceptors (Lipinski definition) is 2. The summed E-state index contributed by atoms with van der Waals surface area (Å²) in [5, 5.41) is 3.45. The molecule has 0 aliphatic carbocycles. The van der Waals surface area contributed by atoms with E-state index >= 15 is 0 Å². The van der Waals surface area contributed by atoms with Gasteiger partial charge in [-0.2, -0.15) is 0 Å². The second-order valence-electron chi connectivity index (χ2n) is 6.36. The first-order chi connectivity index (χ1) is 10.1. The van der Waals surface area contributed by atoms with Crippen LogP contribution in [0.15, 0.2) is 22.7 Å². The van der Waals surface area contributed by atoms with Gasteiger partial charge in [0.15, 0.2) is 0 Å². The molecule has 122 valence electrons. The molecule has 2 aliphatic rings. The van der Waals surface area contributed by atoms with Crippen molar-refractivity contribution < 1.29 is 4.79 Å². The summed E-state index contributed by atoms with van der Waals surface area (Å²) in [5.41, 5.74) is 2.39. The lowest BCUT2D eigenvalue weighted by Crippen LogP contribution is -2.36. The van der Waals surface area contributed by atoms with Crippen molar-refractivity contribution in [2.75, 3.05) is 24.5 Å². The van der Waals surface area contributed by atoms with E-state index in [2.05, 4.69) is 46.4 Å². The standard InChI is InChI=1S/C17H23BrN2O.ClH/c1-12(14-3-2-7-19-11-14)9-17(21)20-8-6-13-4-5-15(18)10-16(13)20;/h4-5,10,12,14,19H,2-3,6-9,11H2,1H3;1H. The van der Waals surface area contributed by atoms with Crippen molar-refractivity contribution in [3.63, 3.8) is 0 Å². The van der Waals surface area contributed by atoms with Crippen molar-refractivity contribution in [1.82, 2.24) is 5.32 Å². The van der Waals surface area contributed by atoms with Crippen LogP contribution in [0.4, 0.5) is 5.69 Å². The van der Waals surface area contributed by atoms with Crippen LogP contribution in [0.3, 0.4) is 0 Å². The molecule has 1 amide bonds. The minimum atomic E-state index is 0. The Morgan fingerprint density at radius 1 is 1.50 bits per heavy atom. The highest BCUT2D eigenvalue weighted by Gasteiger charge is 2.28. The molecule has 3 nitrogen and oxygen atoms in total. The van der Waals surface area contributed by atoms with Gasteiger partial charge in [-0.15, -0.1) is 12.4 Å². The zero-order chi connectivity index (χ0) is 14.8. The van der Waals surface area contributed by atoms with Crippen LogP contribution in [-0.4, -0.2) is 25.5 Å². The number of hydrogen-bond donors (Lipinski definition) is 1. The minimum Gasteiger partial charge on any atom is -0.316 e. The van der Waals surface area contributed by atoms with Crippen LogP contribution in [0.5, 0.6) is 0 Å². The number of benzene rings is 1. The highest BCUT2D eigenvalue weighted by atomic mass is 79.9. The quantitative estimate of drug-likeness (QED) is 0.856. The van der Waals surface area contributed by atoms with E-state index in [-0.39, 0.29) is 18.3 Å². The van der Waals surface area contributed by atoms with Crippen LogP contribution in [0.1, 0.15) is 31.7 Å². The summed E-state index contributed by atoms with van der Waals surface area (Å²) < 4.78 is 1.05. The molecular weight excluding hydrogens is 364 g/mol. The van der Waals surface area contributed by atoms with Gasteiger partial charge in [0.1, 0.15) is 0 Å². The predicted octanol–water partition coefficient (Wildman–Crippen LogP) is 3.79. The SMILES string of the molecule is CC(CC(=O)N1CCc2ccc(Br)cc21)C1CCCNC1.Cl. The third-order valence-corrected chi connectivity index (χ3v) is 5.37. The third kappa shape index (κ3) is 3.84. The number of rotatable bonds is 3. The molecule has 2 unspecified atom stereocenters. The topological polar surface area (TPSA) is 32.3 Å². The molecule has 1 fully saturated rings. The summed E-state index contributed by atoms with van der Waals surface area (Å²) in [5.74, 6) is 1.39. The predicted molar refractivity (Wildman–Crippen MR) is 96.8 cm³/mol. The van der Waals surface area contributed by atoms with Crippen LogP contribution in [-0.2, 0) is 11.2 Å². The maximum absolute atomic E-state index is 12.7. The zero-order valence-corrected chi connectivity index (χ0v) is 15.4. The Morgan fingerprint density at radius 2 is 2.32 bits per heavy atom. The van der Waals surface area contributed by atoms with E-state index in [0.29, 0.717) is 18.3 Å². The van der Waals surface area contributed by atoms with Crippen molar-refractivity contribution >= 4 is 39.9 Å². The normalized spacial score (nSPS) is 21.9. The van der Waals surface area contributed by atoms with Gasteiger partial charge in [0.2, 0.25) is 5.91 Å². The number of halogens is 2. The fourth-order valence-corrected chi connectivity index (χ4v) is 3.88. The Kier molecular flexibility index (Phi) is 6.30. The van der Waals surface area contributed by atoms with E-state index in [1.165, 1.54) is 18.4 Å². The Hall–Kier alpha value is -0.580. The van der Waals surface area contributed by atoms with Gasteiger partial charge in [0, 0.05) is 23.1 Å². The molecule has 1 saturated heterocycles. The molecule has 1 N–H and O–H groups in total. The average molecular weight is 388 g/mol.